The number of nitrogens with one attached hydrogen (secondary N) is 2. The van der Waals surface area contributed by atoms with Crippen molar-refractivity contribution in [3.05, 3.63) is 94.5 Å². The number of fused-ring (bicyclic) bond motifs is 2. The smallest absolute Gasteiger partial charge is 0.264 e. The second-order valence-corrected chi connectivity index (χ2v) is 18.4. The highest BCUT2D eigenvalue weighted by atomic mass is 35.5. The zero-order valence-corrected chi connectivity index (χ0v) is 30.0. The average Bonchev–Trinajstić information content (AvgIpc) is 3.76. The number of halogens is 1. The van der Waals surface area contributed by atoms with Gasteiger partial charge in [-0.2, -0.15) is 0 Å². The van der Waals surface area contributed by atoms with Gasteiger partial charge in [0.1, 0.15) is 0 Å². The fourth-order valence-electron chi connectivity index (χ4n) is 7.99. The van der Waals surface area contributed by atoms with Crippen LogP contribution in [0, 0.1) is 5.92 Å². The third kappa shape index (κ3) is 7.06. The number of anilines is 2. The maximum absolute atomic E-state index is 14.8. The highest BCUT2D eigenvalue weighted by molar-refractivity contribution is 6.71. The number of rotatable bonds is 11. The second-order valence-electron chi connectivity index (χ2n) is 14.0. The highest BCUT2D eigenvalue weighted by Crippen LogP contribution is 2.60. The lowest BCUT2D eigenvalue weighted by Gasteiger charge is -2.32. The molecule has 0 aromatic heterocycles. The quantitative estimate of drug-likeness (QED) is 0.211. The van der Waals surface area contributed by atoms with Crippen molar-refractivity contribution in [2.24, 2.45) is 5.92 Å². The van der Waals surface area contributed by atoms with Gasteiger partial charge < -0.3 is 35.1 Å². The Kier molecular flexibility index (Phi) is 10.3. The van der Waals surface area contributed by atoms with Crippen molar-refractivity contribution in [1.82, 2.24) is 10.2 Å². The van der Waals surface area contributed by atoms with E-state index >= 15 is 0 Å². The molecule has 49 heavy (non-hydrogen) atoms. The molecule has 5 atom stereocenters. The molecule has 10 nitrogen and oxygen atoms in total. The lowest BCUT2D eigenvalue weighted by Crippen LogP contribution is -2.46. The van der Waals surface area contributed by atoms with E-state index in [4.69, 9.17) is 16.3 Å². The van der Waals surface area contributed by atoms with Gasteiger partial charge in [0.25, 0.3) is 5.91 Å². The van der Waals surface area contributed by atoms with Crippen molar-refractivity contribution in [2.45, 2.75) is 75.7 Å². The van der Waals surface area contributed by atoms with Crippen molar-refractivity contribution in [3.63, 3.8) is 0 Å². The molecule has 260 valence electrons. The number of carbonyl (C=O) groups is 3. The summed E-state index contributed by atoms with van der Waals surface area (Å²) in [5.41, 5.74) is 1.73. The minimum Gasteiger partial charge on any atom is -0.432 e. The summed E-state index contributed by atoms with van der Waals surface area (Å²) in [6.45, 7) is 6.87. The van der Waals surface area contributed by atoms with Gasteiger partial charge in [-0.25, -0.2) is 0 Å². The molecule has 6 rings (SSSR count). The highest BCUT2D eigenvalue weighted by Gasteiger charge is 2.66. The maximum Gasteiger partial charge on any atom is 0.264 e. The fourth-order valence-corrected chi connectivity index (χ4v) is 10.7. The van der Waals surface area contributed by atoms with Crippen LogP contribution in [0.1, 0.15) is 42.9 Å². The van der Waals surface area contributed by atoms with Gasteiger partial charge in [-0.15, -0.1) is 0 Å². The van der Waals surface area contributed by atoms with E-state index in [2.05, 4.69) is 10.6 Å². The van der Waals surface area contributed by atoms with Crippen LogP contribution in [0.2, 0.25) is 23.7 Å². The summed E-state index contributed by atoms with van der Waals surface area (Å²) in [5, 5.41) is 16.5. The lowest BCUT2D eigenvalue weighted by atomic mass is 9.82. The van der Waals surface area contributed by atoms with Gasteiger partial charge in [0.05, 0.1) is 37.4 Å². The van der Waals surface area contributed by atoms with Gasteiger partial charge in [-0.3, -0.25) is 14.4 Å². The fraction of sp³-hybridized carbons (Fsp3) is 0.432. The molecule has 2 saturated heterocycles. The van der Waals surface area contributed by atoms with Crippen molar-refractivity contribution in [2.75, 3.05) is 29.9 Å². The number of amides is 3. The van der Waals surface area contributed by atoms with Crippen LogP contribution in [-0.2, 0) is 37.8 Å². The van der Waals surface area contributed by atoms with Gasteiger partial charge in [-0.1, -0.05) is 61.0 Å². The normalized spacial score (nSPS) is 24.8. The first-order valence-electron chi connectivity index (χ1n) is 17.0. The summed E-state index contributed by atoms with van der Waals surface area (Å²) in [6.07, 6.45) is 0.952. The van der Waals surface area contributed by atoms with Crippen LogP contribution in [0.5, 0.6) is 0 Å². The molecule has 3 heterocycles. The summed E-state index contributed by atoms with van der Waals surface area (Å²) in [7, 11) is -3.03. The third-order valence-electron chi connectivity index (χ3n) is 10.2. The predicted molar refractivity (Wildman–Crippen MR) is 191 cm³/mol. The van der Waals surface area contributed by atoms with Gasteiger partial charge in [-0.05, 0) is 73.9 Å². The van der Waals surface area contributed by atoms with E-state index in [9.17, 15) is 24.3 Å². The summed E-state index contributed by atoms with van der Waals surface area (Å²) < 4.78 is 6.86. The molecule has 0 bridgehead atoms. The van der Waals surface area contributed by atoms with E-state index in [1.807, 2.05) is 80.7 Å². The Morgan fingerprint density at radius 1 is 1.10 bits per heavy atom. The summed E-state index contributed by atoms with van der Waals surface area (Å²) in [5.74, 6) is -1.06. The molecule has 0 unspecified atom stereocenters. The lowest BCUT2D eigenvalue weighted by molar-refractivity contribution is -0.150. The van der Waals surface area contributed by atoms with Gasteiger partial charge >= 0.3 is 0 Å². The molecular weight excluding hydrogens is 660 g/mol. The van der Waals surface area contributed by atoms with Crippen LogP contribution >= 0.6 is 11.6 Å². The molecule has 3 aliphatic heterocycles. The Morgan fingerprint density at radius 3 is 2.55 bits per heavy atom. The summed E-state index contributed by atoms with van der Waals surface area (Å²) in [6, 6.07) is 22.1. The molecule has 0 aliphatic carbocycles. The molecule has 3 aromatic carbocycles. The van der Waals surface area contributed by atoms with Crippen molar-refractivity contribution in [3.8, 4) is 0 Å². The average molecular weight is 705 g/mol. The Labute approximate surface area is 293 Å². The molecule has 3 amide bonds. The SMILES string of the molecule is C[C@@H]1[C@@H]([Si](C)(C)O)[C@H](CC(=O)N(CCO)Cc2ccccc2)O[C@@]12C(=O)N(Cc1cccc(NC(=O)[C@H]3CCCN3)c1)c1ccc(Cl)cc12. The monoisotopic (exact) mass is 704 g/mol. The van der Waals surface area contributed by atoms with Crippen LogP contribution in [-0.4, -0.2) is 72.7 Å². The van der Waals surface area contributed by atoms with E-state index in [-0.39, 0.29) is 49.9 Å². The molecule has 3 aromatic rings. The number of aliphatic hydroxyl groups is 1. The Hall–Kier alpha value is -3.58. The third-order valence-corrected chi connectivity index (χ3v) is 12.9. The van der Waals surface area contributed by atoms with E-state index in [0.29, 0.717) is 28.5 Å². The minimum absolute atomic E-state index is 0.0542. The van der Waals surface area contributed by atoms with Gasteiger partial charge in [0.2, 0.25) is 11.8 Å². The molecular formula is C37H45ClN4O6Si. The predicted octanol–water partition coefficient (Wildman–Crippen LogP) is 4.79. The number of hydrogen-bond acceptors (Lipinski definition) is 7. The van der Waals surface area contributed by atoms with Crippen LogP contribution < -0.4 is 15.5 Å². The second kappa shape index (κ2) is 14.3. The largest absolute Gasteiger partial charge is 0.432 e. The topological polar surface area (TPSA) is 131 Å². The van der Waals surface area contributed by atoms with Gasteiger partial charge in [0.15, 0.2) is 13.9 Å². The van der Waals surface area contributed by atoms with Crippen LogP contribution in [0.25, 0.3) is 0 Å². The van der Waals surface area contributed by atoms with E-state index in [1.165, 1.54) is 0 Å². The van der Waals surface area contributed by atoms with Crippen molar-refractivity contribution < 1.29 is 29.0 Å². The molecule has 2 fully saturated rings. The molecule has 3 aliphatic rings. The standard InChI is InChI=1S/C37H45ClN4O6Si/c1-24-34(49(2,3)47)32(21-33(44)41(17-18-43)22-25-9-5-4-6-10-25)48-37(24)29-20-27(38)14-15-31(29)42(36(37)46)23-26-11-7-12-28(19-26)40-35(45)30-13-8-16-39-30/h4-7,9-12,14-15,19-20,24,30,32,34,39,43,47H,8,13,16-18,21-23H2,1-3H3,(H,40,45)/t24-,30-,32+,34-,37+/m1/s1. The van der Waals surface area contributed by atoms with Crippen molar-refractivity contribution in [1.29, 1.82) is 0 Å². The Morgan fingerprint density at radius 2 is 1.86 bits per heavy atom. The number of hydrogen-bond donors (Lipinski definition) is 4. The zero-order valence-electron chi connectivity index (χ0n) is 28.2. The molecule has 0 saturated carbocycles. The first-order valence-corrected chi connectivity index (χ1v) is 20.4. The van der Waals surface area contributed by atoms with Crippen LogP contribution in [0.4, 0.5) is 11.4 Å². The van der Waals surface area contributed by atoms with E-state index in [1.54, 1.807) is 21.9 Å². The number of ether oxygens (including phenoxy) is 1. The molecule has 0 radical (unpaired) electrons. The molecule has 1 spiro atoms. The number of carbonyl (C=O) groups excluding carboxylic acids is 3. The minimum atomic E-state index is -3.03. The Balaban J connectivity index is 1.29. The maximum atomic E-state index is 14.8. The number of benzene rings is 3. The molecule has 4 N–H and O–H groups in total. The first kappa shape index (κ1) is 35.3. The summed E-state index contributed by atoms with van der Waals surface area (Å²) >= 11 is 6.56. The summed E-state index contributed by atoms with van der Waals surface area (Å²) in [4.78, 5) is 56.4. The number of aliphatic hydroxyl groups excluding tert-OH is 1. The zero-order chi connectivity index (χ0) is 34.9. The van der Waals surface area contributed by atoms with Crippen LogP contribution in [0.3, 0.4) is 0 Å². The number of nitrogens with zero attached hydrogens (tertiary/aromatic N) is 2. The van der Waals surface area contributed by atoms with Gasteiger partial charge in [0, 0.05) is 40.8 Å². The molecule has 12 heteroatoms. The van der Waals surface area contributed by atoms with Crippen molar-refractivity contribution >= 4 is 49.0 Å². The first-order chi connectivity index (χ1) is 23.4. The Bertz CT molecular complexity index is 1700. The van der Waals surface area contributed by atoms with E-state index in [0.717, 1.165) is 30.5 Å². The van der Waals surface area contributed by atoms with Crippen LogP contribution in [0.15, 0.2) is 72.8 Å². The van der Waals surface area contributed by atoms with E-state index < -0.39 is 31.5 Å².